The van der Waals surface area contributed by atoms with E-state index in [-0.39, 0.29) is 16.8 Å². The largest absolute Gasteiger partial charge is 0.302 e. The second kappa shape index (κ2) is 13.6. The van der Waals surface area contributed by atoms with Gasteiger partial charge in [0.2, 0.25) is 10.0 Å². The van der Waals surface area contributed by atoms with Crippen molar-refractivity contribution in [3.05, 3.63) is 48.0 Å². The number of thioether (sulfide) groups is 1. The summed E-state index contributed by atoms with van der Waals surface area (Å²) >= 11 is 3.19. The van der Waals surface area contributed by atoms with Crippen LogP contribution >= 0.6 is 23.1 Å². The minimum Gasteiger partial charge on any atom is -0.302 e. The number of benzene rings is 2. The molecule has 10 heteroatoms. The van der Waals surface area contributed by atoms with Gasteiger partial charge >= 0.3 is 0 Å². The Bertz CT molecular complexity index is 1350. The minimum atomic E-state index is -3.63. The van der Waals surface area contributed by atoms with E-state index >= 15 is 0 Å². The van der Waals surface area contributed by atoms with Crippen molar-refractivity contribution in [1.82, 2.24) is 14.2 Å². The Balaban J connectivity index is 1.61. The average molecular weight is 589 g/mol. The van der Waals surface area contributed by atoms with Crippen molar-refractivity contribution in [2.75, 3.05) is 43.9 Å². The van der Waals surface area contributed by atoms with Gasteiger partial charge in [0.25, 0.3) is 5.91 Å². The van der Waals surface area contributed by atoms with E-state index in [1.165, 1.54) is 17.8 Å². The van der Waals surface area contributed by atoms with Crippen LogP contribution < -0.4 is 4.90 Å². The smallest absolute Gasteiger partial charge is 0.260 e. The quantitative estimate of drug-likeness (QED) is 0.230. The molecule has 7 nitrogen and oxygen atoms in total. The van der Waals surface area contributed by atoms with E-state index in [9.17, 15) is 13.2 Å². The Labute approximate surface area is 241 Å². The van der Waals surface area contributed by atoms with Crippen LogP contribution in [0.3, 0.4) is 0 Å². The number of nitrogens with zero attached hydrogens (tertiary/aromatic N) is 4. The van der Waals surface area contributed by atoms with Gasteiger partial charge in [-0.1, -0.05) is 51.4 Å². The maximum Gasteiger partial charge on any atom is 0.260 e. The Morgan fingerprint density at radius 3 is 2.28 bits per heavy atom. The van der Waals surface area contributed by atoms with Crippen LogP contribution in [0.15, 0.2) is 52.3 Å². The van der Waals surface area contributed by atoms with Gasteiger partial charge in [-0.2, -0.15) is 4.31 Å². The lowest BCUT2D eigenvalue weighted by Gasteiger charge is -2.32. The van der Waals surface area contributed by atoms with Gasteiger partial charge in [-0.3, -0.25) is 9.69 Å². The first-order valence-corrected chi connectivity index (χ1v) is 17.4. The van der Waals surface area contributed by atoms with Crippen molar-refractivity contribution in [3.8, 4) is 0 Å². The molecule has 0 unspecified atom stereocenters. The number of aromatic nitrogens is 1. The number of thiazole rings is 1. The summed E-state index contributed by atoms with van der Waals surface area (Å²) in [6, 6.07) is 12.7. The molecule has 4 rings (SSSR count). The zero-order chi connectivity index (χ0) is 28.0. The van der Waals surface area contributed by atoms with Crippen LogP contribution in [0, 0.1) is 0 Å². The summed E-state index contributed by atoms with van der Waals surface area (Å²) in [5, 5.41) is 0.659. The minimum absolute atomic E-state index is 0.0521. The molecule has 0 saturated heterocycles. The molecule has 0 aliphatic heterocycles. The molecule has 0 radical (unpaired) electrons. The molecule has 3 aromatic rings. The van der Waals surface area contributed by atoms with Crippen molar-refractivity contribution < 1.29 is 13.2 Å². The van der Waals surface area contributed by atoms with Crippen LogP contribution in [-0.2, 0) is 10.0 Å². The number of hydrogen-bond acceptors (Lipinski definition) is 7. The van der Waals surface area contributed by atoms with E-state index in [1.54, 1.807) is 45.2 Å². The first-order valence-electron chi connectivity index (χ1n) is 13.9. The highest BCUT2D eigenvalue weighted by atomic mass is 32.2. The van der Waals surface area contributed by atoms with Crippen LogP contribution in [-0.4, -0.2) is 73.5 Å². The molecular weight excluding hydrogens is 549 g/mol. The topological polar surface area (TPSA) is 73.8 Å². The Morgan fingerprint density at radius 2 is 1.67 bits per heavy atom. The molecule has 1 saturated carbocycles. The fraction of sp³-hybridized carbons (Fsp3) is 0.517. The molecule has 1 aliphatic rings. The molecule has 1 aliphatic carbocycles. The third-order valence-electron chi connectivity index (χ3n) is 7.60. The van der Waals surface area contributed by atoms with Crippen molar-refractivity contribution in [2.45, 2.75) is 68.7 Å². The second-order valence-electron chi connectivity index (χ2n) is 9.84. The first kappa shape index (κ1) is 30.0. The number of sulfonamides is 1. The van der Waals surface area contributed by atoms with E-state index in [1.807, 2.05) is 25.3 Å². The lowest BCUT2D eigenvalue weighted by molar-refractivity contribution is 0.0983. The molecule has 1 amide bonds. The van der Waals surface area contributed by atoms with Crippen molar-refractivity contribution in [2.24, 2.45) is 0 Å². The second-order valence-corrected chi connectivity index (χ2v) is 13.6. The van der Waals surface area contributed by atoms with Crippen LogP contribution in [0.2, 0.25) is 0 Å². The molecule has 1 heterocycles. The molecule has 212 valence electrons. The predicted molar refractivity (Wildman–Crippen MR) is 164 cm³/mol. The lowest BCUT2D eigenvalue weighted by atomic mass is 9.95. The monoisotopic (exact) mass is 588 g/mol. The van der Waals surface area contributed by atoms with Crippen molar-refractivity contribution in [3.63, 3.8) is 0 Å². The molecule has 2 aromatic carbocycles. The number of anilines is 1. The van der Waals surface area contributed by atoms with Gasteiger partial charge in [0.15, 0.2) is 5.13 Å². The highest BCUT2D eigenvalue weighted by Gasteiger charge is 2.31. The average Bonchev–Trinajstić information content (AvgIpc) is 3.39. The van der Waals surface area contributed by atoms with E-state index in [0.717, 1.165) is 60.4 Å². The van der Waals surface area contributed by atoms with Gasteiger partial charge in [0, 0.05) is 36.1 Å². The van der Waals surface area contributed by atoms with Crippen molar-refractivity contribution in [1.29, 1.82) is 0 Å². The number of likely N-dealkylation sites (N-methyl/N-ethyl adjacent to an activating group) is 1. The molecule has 0 spiro atoms. The molecule has 1 aromatic heterocycles. The summed E-state index contributed by atoms with van der Waals surface area (Å²) in [6.45, 7) is 9.60. The Kier molecular flexibility index (Phi) is 10.4. The molecule has 1 fully saturated rings. The van der Waals surface area contributed by atoms with Crippen LogP contribution in [0.1, 0.15) is 63.2 Å². The van der Waals surface area contributed by atoms with E-state index in [0.29, 0.717) is 23.8 Å². The number of hydrogen-bond donors (Lipinski definition) is 0. The van der Waals surface area contributed by atoms with Gasteiger partial charge in [-0.15, -0.1) is 11.8 Å². The third-order valence-corrected chi connectivity index (χ3v) is 11.4. The van der Waals surface area contributed by atoms with Crippen LogP contribution in [0.25, 0.3) is 10.2 Å². The van der Waals surface area contributed by atoms with E-state index in [4.69, 9.17) is 4.98 Å². The number of fused-ring (bicyclic) bond motifs is 1. The van der Waals surface area contributed by atoms with Crippen molar-refractivity contribution >= 4 is 54.4 Å². The van der Waals surface area contributed by atoms with Crippen LogP contribution in [0.5, 0.6) is 0 Å². The lowest BCUT2D eigenvalue weighted by Crippen LogP contribution is -2.41. The summed E-state index contributed by atoms with van der Waals surface area (Å²) in [6.07, 6.45) is 7.16. The Hall–Kier alpha value is -1.98. The molecule has 0 bridgehead atoms. The highest BCUT2D eigenvalue weighted by molar-refractivity contribution is 7.98. The molecule has 0 atom stereocenters. The predicted octanol–water partition coefficient (Wildman–Crippen LogP) is 6.35. The fourth-order valence-corrected chi connectivity index (χ4v) is 8.49. The Morgan fingerprint density at radius 1 is 0.974 bits per heavy atom. The van der Waals surface area contributed by atoms with Gasteiger partial charge in [0.05, 0.1) is 15.1 Å². The number of amides is 1. The first-order chi connectivity index (χ1) is 18.8. The standard InChI is InChI=1S/C29H40N4O3S3/c1-5-31(6-2)19-20-32(29-30-26-18-15-24(37-4)21-27(26)38-29)28(34)22-13-16-25(17-14-22)39(35,36)33(7-3)23-11-9-8-10-12-23/h13-18,21,23H,5-12,19-20H2,1-4H3. The van der Waals surface area contributed by atoms with Gasteiger partial charge < -0.3 is 4.90 Å². The fourth-order valence-electron chi connectivity index (χ4n) is 5.25. The number of rotatable bonds is 12. The third kappa shape index (κ3) is 6.85. The number of carbonyl (C=O) groups excluding carboxylic acids is 1. The molecular formula is C29H40N4O3S3. The summed E-state index contributed by atoms with van der Waals surface area (Å²) in [5.41, 5.74) is 1.33. The summed E-state index contributed by atoms with van der Waals surface area (Å²) < 4.78 is 29.7. The number of carbonyl (C=O) groups is 1. The van der Waals surface area contributed by atoms with Gasteiger partial charge in [-0.25, -0.2) is 13.4 Å². The zero-order valence-corrected chi connectivity index (χ0v) is 25.9. The van der Waals surface area contributed by atoms with Gasteiger partial charge in [0.1, 0.15) is 0 Å². The summed E-state index contributed by atoms with van der Waals surface area (Å²) in [7, 11) is -3.63. The zero-order valence-electron chi connectivity index (χ0n) is 23.4. The molecule has 39 heavy (non-hydrogen) atoms. The SMILES string of the molecule is CCN(CC)CCN(C(=O)c1ccc(S(=O)(=O)N(CC)C2CCCCC2)cc1)c1nc2ccc(SC)cc2s1. The van der Waals surface area contributed by atoms with E-state index in [2.05, 4.69) is 24.8 Å². The normalized spacial score (nSPS) is 14.9. The summed E-state index contributed by atoms with van der Waals surface area (Å²) in [4.78, 5) is 24.1. The maximum absolute atomic E-state index is 13.8. The molecule has 0 N–H and O–H groups in total. The van der Waals surface area contributed by atoms with Crippen LogP contribution in [0.4, 0.5) is 5.13 Å². The van der Waals surface area contributed by atoms with E-state index < -0.39 is 10.0 Å². The van der Waals surface area contributed by atoms with Gasteiger partial charge in [-0.05, 0) is 74.7 Å². The summed E-state index contributed by atoms with van der Waals surface area (Å²) in [5.74, 6) is -0.171. The highest BCUT2D eigenvalue weighted by Crippen LogP contribution is 2.33. The maximum atomic E-state index is 13.8.